The molecule has 1 aliphatic heterocycles. The molecule has 2 aliphatic rings. The molecule has 0 radical (unpaired) electrons. The van der Waals surface area contributed by atoms with E-state index in [1.165, 1.54) is 43.6 Å². The molecule has 0 spiro atoms. The molecule has 1 aromatic carbocycles. The van der Waals surface area contributed by atoms with E-state index in [0.29, 0.717) is 5.92 Å². The van der Waals surface area contributed by atoms with E-state index in [-0.39, 0.29) is 11.8 Å². The third-order valence-electron chi connectivity index (χ3n) is 5.92. The monoisotopic (exact) mass is 337 g/mol. The molecule has 0 N–H and O–H groups in total. The molecule has 1 saturated carbocycles. The van der Waals surface area contributed by atoms with Gasteiger partial charge in [0.25, 0.3) is 0 Å². The summed E-state index contributed by atoms with van der Waals surface area (Å²) in [6.07, 6.45) is 10.3. The summed E-state index contributed by atoms with van der Waals surface area (Å²) in [5.41, 5.74) is 2.21. The van der Waals surface area contributed by atoms with E-state index in [2.05, 4.69) is 4.57 Å². The number of hydrogen-bond donors (Lipinski definition) is 0. The van der Waals surface area contributed by atoms with Crippen molar-refractivity contribution < 1.29 is 4.79 Å². The number of rotatable bonds is 3. The lowest BCUT2D eigenvalue weighted by Gasteiger charge is -2.30. The number of hydrogen-bond acceptors (Lipinski definition) is 2. The smallest absolute Gasteiger partial charge is 0.230 e. The molecule has 132 valence electrons. The molecule has 1 aliphatic carbocycles. The van der Waals surface area contributed by atoms with Crippen LogP contribution in [0.1, 0.15) is 56.0 Å². The Morgan fingerprint density at radius 2 is 1.88 bits per heavy atom. The summed E-state index contributed by atoms with van der Waals surface area (Å²) in [4.78, 5) is 19.5. The molecule has 2 aromatic rings. The highest BCUT2D eigenvalue weighted by molar-refractivity contribution is 5.94. The van der Waals surface area contributed by atoms with Gasteiger partial charge in [-0.05, 0) is 31.4 Å². The molecule has 4 rings (SSSR count). The van der Waals surface area contributed by atoms with Gasteiger partial charge in [-0.25, -0.2) is 4.98 Å². The molecule has 4 nitrogen and oxygen atoms in total. The fourth-order valence-electron chi connectivity index (χ4n) is 4.44. The van der Waals surface area contributed by atoms with Crippen molar-refractivity contribution in [3.8, 4) is 0 Å². The van der Waals surface area contributed by atoms with E-state index in [9.17, 15) is 4.79 Å². The lowest BCUT2D eigenvalue weighted by molar-refractivity contribution is -0.122. The summed E-state index contributed by atoms with van der Waals surface area (Å²) in [5.74, 6) is 2.19. The Kier molecular flexibility index (Phi) is 4.60. The van der Waals surface area contributed by atoms with Crippen molar-refractivity contribution in [2.75, 3.05) is 11.9 Å². The van der Waals surface area contributed by atoms with Gasteiger partial charge in [0.15, 0.2) is 0 Å². The number of benzene rings is 1. The van der Waals surface area contributed by atoms with Gasteiger partial charge in [-0.1, -0.05) is 37.5 Å². The third kappa shape index (κ3) is 3.22. The van der Waals surface area contributed by atoms with Gasteiger partial charge in [0, 0.05) is 49.4 Å². The largest absolute Gasteiger partial charge is 0.332 e. The maximum Gasteiger partial charge on any atom is 0.230 e. The molecule has 1 unspecified atom stereocenters. The first-order chi connectivity index (χ1) is 12.2. The van der Waals surface area contributed by atoms with Crippen molar-refractivity contribution in [1.82, 2.24) is 9.55 Å². The minimum absolute atomic E-state index is 0.0635. The van der Waals surface area contributed by atoms with Crippen molar-refractivity contribution in [2.45, 2.75) is 57.4 Å². The summed E-state index contributed by atoms with van der Waals surface area (Å²) in [6.45, 7) is 0.931. The Bertz CT molecular complexity index is 731. The molecule has 1 amide bonds. The van der Waals surface area contributed by atoms with E-state index >= 15 is 0 Å². The molecular formula is C21H27N3O. The van der Waals surface area contributed by atoms with Crippen LogP contribution >= 0.6 is 0 Å². The summed E-state index contributed by atoms with van der Waals surface area (Å²) in [7, 11) is 1.89. The second kappa shape index (κ2) is 7.03. The zero-order valence-electron chi connectivity index (χ0n) is 15.0. The van der Waals surface area contributed by atoms with E-state index in [4.69, 9.17) is 4.98 Å². The van der Waals surface area contributed by atoms with Gasteiger partial charge in [-0.2, -0.15) is 0 Å². The van der Waals surface area contributed by atoms with Crippen LogP contribution in [0.15, 0.2) is 36.5 Å². The Morgan fingerprint density at radius 3 is 2.64 bits per heavy atom. The van der Waals surface area contributed by atoms with Crippen LogP contribution in [0, 0.1) is 5.92 Å². The number of fused-ring (bicyclic) bond motifs is 1. The van der Waals surface area contributed by atoms with Crippen LogP contribution in [0.25, 0.3) is 0 Å². The molecule has 2 heterocycles. The average Bonchev–Trinajstić information content (AvgIpc) is 3.11. The lowest BCUT2D eigenvalue weighted by atomic mass is 9.88. The predicted octanol–water partition coefficient (Wildman–Crippen LogP) is 4.16. The van der Waals surface area contributed by atoms with Gasteiger partial charge < -0.3 is 9.47 Å². The number of anilines is 1. The van der Waals surface area contributed by atoms with E-state index in [1.54, 1.807) is 4.90 Å². The topological polar surface area (TPSA) is 38.1 Å². The fraction of sp³-hybridized carbons (Fsp3) is 0.524. The minimum Gasteiger partial charge on any atom is -0.332 e. The molecule has 0 saturated heterocycles. The normalized spacial score (nSPS) is 20.9. The Labute approximate surface area is 149 Å². The number of imidazole rings is 1. The first-order valence-electron chi connectivity index (χ1n) is 9.61. The first kappa shape index (κ1) is 16.4. The van der Waals surface area contributed by atoms with Crippen LogP contribution < -0.4 is 4.90 Å². The second-order valence-corrected chi connectivity index (χ2v) is 7.52. The maximum atomic E-state index is 12.9. The van der Waals surface area contributed by atoms with Gasteiger partial charge in [0.05, 0.1) is 0 Å². The number of aromatic nitrogens is 2. The highest BCUT2D eigenvalue weighted by atomic mass is 16.2. The summed E-state index contributed by atoms with van der Waals surface area (Å²) >= 11 is 0. The van der Waals surface area contributed by atoms with Crippen molar-refractivity contribution in [3.63, 3.8) is 0 Å². The van der Waals surface area contributed by atoms with Crippen LogP contribution in [0.3, 0.4) is 0 Å². The quantitative estimate of drug-likeness (QED) is 0.843. The fourth-order valence-corrected chi connectivity index (χ4v) is 4.44. The number of para-hydroxylation sites is 1. The number of carbonyl (C=O) groups excluding carboxylic acids is 1. The molecule has 4 heteroatoms. The highest BCUT2D eigenvalue weighted by Crippen LogP contribution is 2.34. The predicted molar refractivity (Wildman–Crippen MR) is 99.7 cm³/mol. The zero-order chi connectivity index (χ0) is 17.2. The van der Waals surface area contributed by atoms with Crippen molar-refractivity contribution in [3.05, 3.63) is 48.0 Å². The van der Waals surface area contributed by atoms with Crippen LogP contribution in [0.4, 0.5) is 5.69 Å². The number of amides is 1. The van der Waals surface area contributed by atoms with Gasteiger partial charge >= 0.3 is 0 Å². The van der Waals surface area contributed by atoms with Crippen LogP contribution in [0.2, 0.25) is 0 Å². The minimum atomic E-state index is 0.0635. The van der Waals surface area contributed by atoms with Crippen LogP contribution in [-0.4, -0.2) is 22.5 Å². The van der Waals surface area contributed by atoms with Crippen molar-refractivity contribution >= 4 is 11.6 Å². The Balaban J connectivity index is 1.48. The van der Waals surface area contributed by atoms with Gasteiger partial charge in [-0.3, -0.25) is 4.79 Å². The molecule has 1 fully saturated rings. The molecular weight excluding hydrogens is 310 g/mol. The molecule has 0 bridgehead atoms. The van der Waals surface area contributed by atoms with E-state index in [1.807, 2.05) is 43.6 Å². The van der Waals surface area contributed by atoms with Crippen molar-refractivity contribution in [1.29, 1.82) is 0 Å². The highest BCUT2D eigenvalue weighted by Gasteiger charge is 2.31. The van der Waals surface area contributed by atoms with Gasteiger partial charge in [0.2, 0.25) is 5.91 Å². The molecule has 25 heavy (non-hydrogen) atoms. The second-order valence-electron chi connectivity index (χ2n) is 7.52. The number of nitrogens with zero attached hydrogens (tertiary/aromatic N) is 3. The lowest BCUT2D eigenvalue weighted by Crippen LogP contribution is -2.37. The summed E-state index contributed by atoms with van der Waals surface area (Å²) < 4.78 is 2.41. The first-order valence-corrected chi connectivity index (χ1v) is 9.61. The number of carbonyl (C=O) groups is 1. The Morgan fingerprint density at radius 1 is 1.12 bits per heavy atom. The van der Waals surface area contributed by atoms with Crippen LogP contribution in [0.5, 0.6) is 0 Å². The van der Waals surface area contributed by atoms with E-state index in [0.717, 1.165) is 25.1 Å². The van der Waals surface area contributed by atoms with Gasteiger partial charge in [0.1, 0.15) is 5.82 Å². The SMILES string of the molecule is CN(C(=O)C1CCn2c(cnc2C2CCCCC2)C1)c1ccccc1. The molecule has 1 aromatic heterocycles. The third-order valence-corrected chi connectivity index (χ3v) is 5.92. The van der Waals surface area contributed by atoms with Crippen LogP contribution in [-0.2, 0) is 17.8 Å². The standard InChI is InChI=1S/C21H27N3O/c1-23(18-10-6-3-7-11-18)21(25)17-12-13-24-19(14-17)15-22-20(24)16-8-4-2-5-9-16/h3,6-7,10-11,15-17H,2,4-5,8-9,12-14H2,1H3. The van der Waals surface area contributed by atoms with Crippen molar-refractivity contribution in [2.24, 2.45) is 5.92 Å². The molecule has 1 atom stereocenters. The zero-order valence-corrected chi connectivity index (χ0v) is 15.0. The van der Waals surface area contributed by atoms with Gasteiger partial charge in [-0.15, -0.1) is 0 Å². The average molecular weight is 337 g/mol. The van der Waals surface area contributed by atoms with E-state index < -0.39 is 0 Å². The summed E-state index contributed by atoms with van der Waals surface area (Å²) in [5, 5.41) is 0. The summed E-state index contributed by atoms with van der Waals surface area (Å²) in [6, 6.07) is 9.92. The Hall–Kier alpha value is -2.10. The maximum absolute atomic E-state index is 12.9.